The number of aliphatic hydroxyl groups excluding tert-OH is 1. The summed E-state index contributed by atoms with van der Waals surface area (Å²) in [7, 11) is 2.17. The van der Waals surface area contributed by atoms with Gasteiger partial charge in [-0.15, -0.1) is 0 Å². The highest BCUT2D eigenvalue weighted by atomic mass is 16.3. The largest absolute Gasteiger partial charge is 0.395 e. The Morgan fingerprint density at radius 1 is 1.20 bits per heavy atom. The van der Waals surface area contributed by atoms with Gasteiger partial charge in [0, 0.05) is 12.6 Å². The quantitative estimate of drug-likeness (QED) is 0.725. The molecule has 0 spiro atoms. The Labute approximate surface area is 94.7 Å². The summed E-state index contributed by atoms with van der Waals surface area (Å²) in [6.07, 6.45) is 6.85. The van der Waals surface area contributed by atoms with Gasteiger partial charge in [0.1, 0.15) is 0 Å². The molecule has 2 heteroatoms. The van der Waals surface area contributed by atoms with E-state index in [1.54, 1.807) is 0 Å². The Morgan fingerprint density at radius 3 is 2.47 bits per heavy atom. The van der Waals surface area contributed by atoms with Crippen molar-refractivity contribution in [2.75, 3.05) is 20.2 Å². The predicted molar refractivity (Wildman–Crippen MR) is 64.9 cm³/mol. The lowest BCUT2D eigenvalue weighted by molar-refractivity contribution is 0.111. The third kappa shape index (κ3) is 3.76. The molecule has 0 aromatic carbocycles. The van der Waals surface area contributed by atoms with Crippen molar-refractivity contribution in [1.82, 2.24) is 4.90 Å². The topological polar surface area (TPSA) is 23.5 Å². The number of nitrogens with zero attached hydrogens (tertiary/aromatic N) is 1. The van der Waals surface area contributed by atoms with Crippen LogP contribution in [0.1, 0.15) is 46.0 Å². The lowest BCUT2D eigenvalue weighted by atomic mass is 9.84. The van der Waals surface area contributed by atoms with Crippen LogP contribution in [0.5, 0.6) is 0 Å². The molecule has 2 unspecified atom stereocenters. The third-order valence-electron chi connectivity index (χ3n) is 3.91. The smallest absolute Gasteiger partial charge is 0.0558 e. The van der Waals surface area contributed by atoms with Crippen LogP contribution in [0.2, 0.25) is 0 Å². The number of hydrogen-bond acceptors (Lipinski definition) is 2. The van der Waals surface area contributed by atoms with E-state index in [2.05, 4.69) is 25.8 Å². The second-order valence-electron chi connectivity index (χ2n) is 5.32. The van der Waals surface area contributed by atoms with Gasteiger partial charge in [0.05, 0.1) is 6.61 Å². The SMILES string of the molecule is CC(C)C1CCCCCC1N(C)CCO. The monoisotopic (exact) mass is 213 g/mol. The van der Waals surface area contributed by atoms with Crippen molar-refractivity contribution in [3.05, 3.63) is 0 Å². The fourth-order valence-electron chi connectivity index (χ4n) is 2.97. The van der Waals surface area contributed by atoms with Crippen LogP contribution in [0, 0.1) is 11.8 Å². The first-order valence-electron chi connectivity index (χ1n) is 6.48. The van der Waals surface area contributed by atoms with Gasteiger partial charge in [-0.1, -0.05) is 33.1 Å². The molecule has 0 amide bonds. The maximum atomic E-state index is 9.02. The van der Waals surface area contributed by atoms with E-state index < -0.39 is 0 Å². The first kappa shape index (κ1) is 13.0. The minimum absolute atomic E-state index is 0.289. The average Bonchev–Trinajstić information content (AvgIpc) is 2.42. The molecule has 0 heterocycles. The Balaban J connectivity index is 2.61. The normalized spacial score (nSPS) is 28.4. The highest BCUT2D eigenvalue weighted by molar-refractivity contribution is 4.82. The zero-order valence-electron chi connectivity index (χ0n) is 10.6. The van der Waals surface area contributed by atoms with Gasteiger partial charge in [-0.25, -0.2) is 0 Å². The molecule has 1 fully saturated rings. The van der Waals surface area contributed by atoms with E-state index in [-0.39, 0.29) is 6.61 Å². The molecule has 0 radical (unpaired) electrons. The molecule has 0 saturated heterocycles. The van der Waals surface area contributed by atoms with Crippen molar-refractivity contribution < 1.29 is 5.11 Å². The molecular formula is C13H27NO. The number of rotatable bonds is 4. The summed E-state index contributed by atoms with van der Waals surface area (Å²) >= 11 is 0. The first-order chi connectivity index (χ1) is 7.16. The zero-order chi connectivity index (χ0) is 11.3. The zero-order valence-corrected chi connectivity index (χ0v) is 10.6. The van der Waals surface area contributed by atoms with Gasteiger partial charge < -0.3 is 10.0 Å². The van der Waals surface area contributed by atoms with Gasteiger partial charge in [0.15, 0.2) is 0 Å². The van der Waals surface area contributed by atoms with Crippen LogP contribution in [-0.2, 0) is 0 Å². The molecule has 1 aliphatic carbocycles. The molecule has 15 heavy (non-hydrogen) atoms. The van der Waals surface area contributed by atoms with Crippen LogP contribution in [-0.4, -0.2) is 36.2 Å². The van der Waals surface area contributed by atoms with Crippen LogP contribution >= 0.6 is 0 Å². The second-order valence-corrected chi connectivity index (χ2v) is 5.32. The average molecular weight is 213 g/mol. The predicted octanol–water partition coefficient (Wildman–Crippen LogP) is 2.52. The molecule has 0 aromatic heterocycles. The highest BCUT2D eigenvalue weighted by Crippen LogP contribution is 2.31. The van der Waals surface area contributed by atoms with Gasteiger partial charge in [0.25, 0.3) is 0 Å². The van der Waals surface area contributed by atoms with E-state index in [9.17, 15) is 0 Å². The molecular weight excluding hydrogens is 186 g/mol. The molecule has 2 nitrogen and oxygen atoms in total. The number of likely N-dealkylation sites (N-methyl/N-ethyl adjacent to an activating group) is 1. The fraction of sp³-hybridized carbons (Fsp3) is 1.00. The van der Waals surface area contributed by atoms with Gasteiger partial charge >= 0.3 is 0 Å². The van der Waals surface area contributed by atoms with Crippen molar-refractivity contribution >= 4 is 0 Å². The van der Waals surface area contributed by atoms with Crippen molar-refractivity contribution in [2.24, 2.45) is 11.8 Å². The van der Waals surface area contributed by atoms with Gasteiger partial charge in [-0.3, -0.25) is 0 Å². The van der Waals surface area contributed by atoms with E-state index in [0.29, 0.717) is 6.04 Å². The second kappa shape index (κ2) is 6.49. The van der Waals surface area contributed by atoms with E-state index >= 15 is 0 Å². The summed E-state index contributed by atoms with van der Waals surface area (Å²) in [5, 5.41) is 9.02. The summed E-state index contributed by atoms with van der Waals surface area (Å²) in [5.74, 6) is 1.60. The molecule has 1 rings (SSSR count). The van der Waals surface area contributed by atoms with Crippen LogP contribution in [0.4, 0.5) is 0 Å². The molecule has 1 N–H and O–H groups in total. The minimum Gasteiger partial charge on any atom is -0.395 e. The number of aliphatic hydroxyl groups is 1. The van der Waals surface area contributed by atoms with E-state index in [0.717, 1.165) is 18.4 Å². The fourth-order valence-corrected chi connectivity index (χ4v) is 2.97. The van der Waals surface area contributed by atoms with Crippen molar-refractivity contribution in [2.45, 2.75) is 52.0 Å². The van der Waals surface area contributed by atoms with Crippen LogP contribution in [0.25, 0.3) is 0 Å². The van der Waals surface area contributed by atoms with Crippen LogP contribution in [0.3, 0.4) is 0 Å². The van der Waals surface area contributed by atoms with Gasteiger partial charge in [-0.2, -0.15) is 0 Å². The first-order valence-corrected chi connectivity index (χ1v) is 6.48. The Morgan fingerprint density at radius 2 is 1.87 bits per heavy atom. The number of hydrogen-bond donors (Lipinski definition) is 1. The van der Waals surface area contributed by atoms with E-state index in [1.165, 1.54) is 32.1 Å². The van der Waals surface area contributed by atoms with E-state index in [4.69, 9.17) is 5.11 Å². The summed E-state index contributed by atoms with van der Waals surface area (Å²) in [4.78, 5) is 2.37. The van der Waals surface area contributed by atoms with Crippen LogP contribution in [0.15, 0.2) is 0 Å². The Hall–Kier alpha value is -0.0800. The molecule has 1 saturated carbocycles. The van der Waals surface area contributed by atoms with Crippen molar-refractivity contribution in [1.29, 1.82) is 0 Å². The Bertz CT molecular complexity index is 170. The maximum absolute atomic E-state index is 9.02. The molecule has 0 aromatic rings. The van der Waals surface area contributed by atoms with E-state index in [1.807, 2.05) is 0 Å². The molecule has 2 atom stereocenters. The summed E-state index contributed by atoms with van der Waals surface area (Å²) in [5.41, 5.74) is 0. The van der Waals surface area contributed by atoms with Crippen molar-refractivity contribution in [3.8, 4) is 0 Å². The standard InChI is InChI=1S/C13H27NO/c1-11(2)12-7-5-4-6-8-13(12)14(3)9-10-15/h11-13,15H,4-10H2,1-3H3. The van der Waals surface area contributed by atoms with Crippen molar-refractivity contribution in [3.63, 3.8) is 0 Å². The highest BCUT2D eigenvalue weighted by Gasteiger charge is 2.28. The Kier molecular flexibility index (Phi) is 5.62. The maximum Gasteiger partial charge on any atom is 0.0558 e. The lowest BCUT2D eigenvalue weighted by Crippen LogP contribution is -2.40. The molecule has 1 aliphatic rings. The summed E-state index contributed by atoms with van der Waals surface area (Å²) in [6.45, 7) is 5.80. The summed E-state index contributed by atoms with van der Waals surface area (Å²) in [6, 6.07) is 0.694. The van der Waals surface area contributed by atoms with Crippen LogP contribution < -0.4 is 0 Å². The summed E-state index contributed by atoms with van der Waals surface area (Å²) < 4.78 is 0. The molecule has 0 aliphatic heterocycles. The lowest BCUT2D eigenvalue weighted by Gasteiger charge is -2.35. The van der Waals surface area contributed by atoms with Gasteiger partial charge in [-0.05, 0) is 31.7 Å². The molecule has 90 valence electrons. The minimum atomic E-state index is 0.289. The molecule has 0 bridgehead atoms. The third-order valence-corrected chi connectivity index (χ3v) is 3.91. The van der Waals surface area contributed by atoms with Gasteiger partial charge in [0.2, 0.25) is 0 Å².